The van der Waals surface area contributed by atoms with Crippen molar-refractivity contribution in [2.24, 2.45) is 5.92 Å². The van der Waals surface area contributed by atoms with E-state index >= 15 is 0 Å². The summed E-state index contributed by atoms with van der Waals surface area (Å²) in [6.45, 7) is 3.67. The van der Waals surface area contributed by atoms with Gasteiger partial charge in [0.05, 0.1) is 28.3 Å². The summed E-state index contributed by atoms with van der Waals surface area (Å²) in [5.41, 5.74) is 3.09. The Kier molecular flexibility index (Phi) is 4.67. The van der Waals surface area contributed by atoms with Crippen molar-refractivity contribution in [3.63, 3.8) is 0 Å². The maximum Gasteiger partial charge on any atom is 0.393 e. The number of alkyl halides is 3. The number of halogens is 3. The summed E-state index contributed by atoms with van der Waals surface area (Å²) < 4.78 is 39.5. The molecule has 0 aliphatic heterocycles. The second-order valence-electron chi connectivity index (χ2n) is 6.61. The van der Waals surface area contributed by atoms with E-state index in [4.69, 9.17) is 0 Å². The summed E-state index contributed by atoms with van der Waals surface area (Å²) in [7, 11) is 0. The van der Waals surface area contributed by atoms with Crippen LogP contribution >= 0.6 is 0 Å². The Morgan fingerprint density at radius 1 is 1.08 bits per heavy atom. The van der Waals surface area contributed by atoms with Crippen LogP contribution in [0.25, 0.3) is 11.0 Å². The quantitative estimate of drug-likeness (QED) is 0.886. The van der Waals surface area contributed by atoms with Gasteiger partial charge in [0.2, 0.25) is 0 Å². The van der Waals surface area contributed by atoms with E-state index in [9.17, 15) is 18.0 Å². The van der Waals surface area contributed by atoms with Gasteiger partial charge in [0.15, 0.2) is 0 Å². The van der Waals surface area contributed by atoms with E-state index in [2.05, 4.69) is 15.3 Å². The highest BCUT2D eigenvalue weighted by Gasteiger charge is 2.46. The number of amides is 1. The summed E-state index contributed by atoms with van der Waals surface area (Å²) in [6.07, 6.45) is -2.64. The van der Waals surface area contributed by atoms with E-state index in [1.807, 2.05) is 13.8 Å². The zero-order chi connectivity index (χ0) is 18.2. The van der Waals surface area contributed by atoms with Crippen LogP contribution in [0.1, 0.15) is 47.4 Å². The first-order chi connectivity index (χ1) is 11.8. The molecule has 0 bridgehead atoms. The Hall–Kier alpha value is -2.18. The van der Waals surface area contributed by atoms with Gasteiger partial charge in [-0.1, -0.05) is 12.8 Å². The molecule has 1 heterocycles. The Balaban J connectivity index is 1.83. The van der Waals surface area contributed by atoms with E-state index in [-0.39, 0.29) is 6.42 Å². The van der Waals surface area contributed by atoms with Crippen molar-refractivity contribution in [1.29, 1.82) is 0 Å². The minimum atomic E-state index is -4.29. The van der Waals surface area contributed by atoms with Crippen LogP contribution in [-0.2, 0) is 0 Å². The summed E-state index contributed by atoms with van der Waals surface area (Å²) in [5.74, 6) is -1.97. The van der Waals surface area contributed by atoms with Crippen LogP contribution in [0.5, 0.6) is 0 Å². The van der Waals surface area contributed by atoms with Crippen molar-refractivity contribution in [1.82, 2.24) is 15.3 Å². The van der Waals surface area contributed by atoms with E-state index in [1.165, 1.54) is 0 Å². The highest BCUT2D eigenvalue weighted by Crippen LogP contribution is 2.37. The zero-order valence-corrected chi connectivity index (χ0v) is 14.2. The minimum absolute atomic E-state index is 0.0656. The normalized spacial score (nSPS) is 21.3. The van der Waals surface area contributed by atoms with Crippen LogP contribution in [0.2, 0.25) is 0 Å². The molecule has 1 saturated carbocycles. The molecule has 0 radical (unpaired) electrons. The van der Waals surface area contributed by atoms with Crippen LogP contribution in [0.3, 0.4) is 0 Å². The molecule has 7 heteroatoms. The molecule has 1 aliphatic rings. The number of aryl methyl sites for hydroxylation is 2. The molecular weight excluding hydrogens is 331 g/mol. The van der Waals surface area contributed by atoms with Crippen molar-refractivity contribution < 1.29 is 18.0 Å². The molecule has 2 unspecified atom stereocenters. The molecule has 1 amide bonds. The molecule has 134 valence electrons. The number of hydrogen-bond acceptors (Lipinski definition) is 3. The van der Waals surface area contributed by atoms with Crippen molar-refractivity contribution >= 4 is 16.9 Å². The summed E-state index contributed by atoms with van der Waals surface area (Å²) in [6, 6.07) is 3.95. The number of nitrogens with one attached hydrogen (secondary N) is 1. The van der Waals surface area contributed by atoms with E-state index in [1.54, 1.807) is 18.2 Å². The van der Waals surface area contributed by atoms with E-state index < -0.39 is 24.0 Å². The molecule has 1 N–H and O–H groups in total. The Morgan fingerprint density at radius 2 is 1.72 bits per heavy atom. The maximum atomic E-state index is 13.2. The van der Waals surface area contributed by atoms with Crippen molar-refractivity contribution in [3.05, 3.63) is 35.2 Å². The van der Waals surface area contributed by atoms with Crippen molar-refractivity contribution in [2.75, 3.05) is 0 Å². The SMILES string of the molecule is Cc1nc2ccc(C(=O)NC3CCCCC3C(F)(F)F)cc2nc1C. The average Bonchev–Trinajstić information content (AvgIpc) is 2.55. The lowest BCUT2D eigenvalue weighted by atomic mass is 9.84. The van der Waals surface area contributed by atoms with Gasteiger partial charge >= 0.3 is 6.18 Å². The summed E-state index contributed by atoms with van der Waals surface area (Å²) in [5, 5.41) is 2.58. The van der Waals surface area contributed by atoms with Crippen LogP contribution in [-0.4, -0.2) is 28.1 Å². The molecule has 0 saturated heterocycles. The Labute approximate surface area is 143 Å². The van der Waals surface area contributed by atoms with Gasteiger partial charge in [0.25, 0.3) is 5.91 Å². The number of nitrogens with zero attached hydrogens (tertiary/aromatic N) is 2. The molecule has 3 rings (SSSR count). The Bertz CT molecular complexity index is 804. The number of aromatic nitrogens is 2. The predicted octanol–water partition coefficient (Wildman–Crippen LogP) is 4.10. The van der Waals surface area contributed by atoms with Gasteiger partial charge in [-0.25, -0.2) is 9.97 Å². The van der Waals surface area contributed by atoms with Gasteiger partial charge in [0.1, 0.15) is 0 Å². The number of carbonyl (C=O) groups is 1. The van der Waals surface area contributed by atoms with Gasteiger partial charge in [-0.2, -0.15) is 13.2 Å². The van der Waals surface area contributed by atoms with E-state index in [0.29, 0.717) is 35.9 Å². The number of rotatable bonds is 2. The second-order valence-corrected chi connectivity index (χ2v) is 6.61. The zero-order valence-electron chi connectivity index (χ0n) is 14.2. The topological polar surface area (TPSA) is 54.9 Å². The van der Waals surface area contributed by atoms with Crippen LogP contribution in [0.15, 0.2) is 18.2 Å². The van der Waals surface area contributed by atoms with Crippen LogP contribution in [0.4, 0.5) is 13.2 Å². The highest BCUT2D eigenvalue weighted by atomic mass is 19.4. The number of fused-ring (bicyclic) bond motifs is 1. The fourth-order valence-corrected chi connectivity index (χ4v) is 3.32. The first-order valence-corrected chi connectivity index (χ1v) is 8.38. The first-order valence-electron chi connectivity index (χ1n) is 8.38. The lowest BCUT2D eigenvalue weighted by Gasteiger charge is -2.33. The number of carbonyl (C=O) groups excluding carboxylic acids is 1. The third-order valence-corrected chi connectivity index (χ3v) is 4.84. The Morgan fingerprint density at radius 3 is 2.40 bits per heavy atom. The van der Waals surface area contributed by atoms with Crippen LogP contribution < -0.4 is 5.32 Å². The largest absolute Gasteiger partial charge is 0.393 e. The highest BCUT2D eigenvalue weighted by molar-refractivity contribution is 5.97. The fourth-order valence-electron chi connectivity index (χ4n) is 3.32. The standard InChI is InChI=1S/C18H20F3N3O/c1-10-11(2)23-16-9-12(7-8-15(16)22-10)17(25)24-14-6-4-3-5-13(14)18(19,20)21/h7-9,13-14H,3-6H2,1-2H3,(H,24,25). The van der Waals surface area contributed by atoms with Gasteiger partial charge in [-0.3, -0.25) is 4.79 Å². The van der Waals surface area contributed by atoms with Gasteiger partial charge < -0.3 is 5.32 Å². The van der Waals surface area contributed by atoms with E-state index in [0.717, 1.165) is 11.4 Å². The van der Waals surface area contributed by atoms with Crippen molar-refractivity contribution in [2.45, 2.75) is 51.7 Å². The average molecular weight is 351 g/mol. The third-order valence-electron chi connectivity index (χ3n) is 4.84. The molecule has 1 aromatic heterocycles. The first kappa shape index (κ1) is 17.6. The van der Waals surface area contributed by atoms with Gasteiger partial charge in [-0.05, 0) is 44.9 Å². The predicted molar refractivity (Wildman–Crippen MR) is 88.3 cm³/mol. The molecule has 1 fully saturated rings. The van der Waals surface area contributed by atoms with Crippen molar-refractivity contribution in [3.8, 4) is 0 Å². The smallest absolute Gasteiger partial charge is 0.349 e. The molecule has 4 nitrogen and oxygen atoms in total. The van der Waals surface area contributed by atoms with Gasteiger partial charge in [-0.15, -0.1) is 0 Å². The fraction of sp³-hybridized carbons (Fsp3) is 0.500. The monoisotopic (exact) mass is 351 g/mol. The molecule has 1 aromatic carbocycles. The van der Waals surface area contributed by atoms with Crippen LogP contribution in [0, 0.1) is 19.8 Å². The lowest BCUT2D eigenvalue weighted by molar-refractivity contribution is -0.187. The third kappa shape index (κ3) is 3.75. The molecule has 0 spiro atoms. The number of hydrogen-bond donors (Lipinski definition) is 1. The summed E-state index contributed by atoms with van der Waals surface area (Å²) in [4.78, 5) is 21.2. The summed E-state index contributed by atoms with van der Waals surface area (Å²) >= 11 is 0. The molecular formula is C18H20F3N3O. The molecule has 2 aromatic rings. The molecule has 1 aliphatic carbocycles. The maximum absolute atomic E-state index is 13.2. The minimum Gasteiger partial charge on any atom is -0.349 e. The second kappa shape index (κ2) is 6.61. The molecule has 2 atom stereocenters. The molecule has 25 heavy (non-hydrogen) atoms. The lowest BCUT2D eigenvalue weighted by Crippen LogP contribution is -2.47. The number of benzene rings is 1. The van der Waals surface area contributed by atoms with Gasteiger partial charge in [0, 0.05) is 11.6 Å².